The van der Waals surface area contributed by atoms with Gasteiger partial charge in [-0.2, -0.15) is 0 Å². The number of nitrogens with two attached hydrogens (primary N) is 1. The molecule has 1 aromatic heterocycles. The quantitative estimate of drug-likeness (QED) is 0.746. The first-order valence-electron chi connectivity index (χ1n) is 5.15. The Balaban J connectivity index is 2.47. The van der Waals surface area contributed by atoms with Crippen LogP contribution in [0.15, 0.2) is 18.5 Å². The topological polar surface area (TPSA) is 50.9 Å². The summed E-state index contributed by atoms with van der Waals surface area (Å²) in [5.74, 6) is 0. The van der Waals surface area contributed by atoms with E-state index in [1.54, 1.807) is 6.20 Å². The van der Waals surface area contributed by atoms with Gasteiger partial charge in [-0.15, -0.1) is 0 Å². The molecular weight excluding hydrogens is 174 g/mol. The zero-order valence-electron chi connectivity index (χ0n) is 8.96. The maximum Gasteiger partial charge on any atom is 0.0378 e. The molecule has 0 aliphatic heterocycles. The molecule has 0 fully saturated rings. The molecule has 0 aliphatic carbocycles. The molecule has 1 atom stereocenters. The molecule has 3 nitrogen and oxygen atoms in total. The van der Waals surface area contributed by atoms with Gasteiger partial charge >= 0.3 is 0 Å². The van der Waals surface area contributed by atoms with Gasteiger partial charge in [-0.1, -0.05) is 6.92 Å². The minimum Gasteiger partial charge on any atom is -0.398 e. The van der Waals surface area contributed by atoms with Crippen LogP contribution in [-0.4, -0.2) is 17.6 Å². The second kappa shape index (κ2) is 5.60. The van der Waals surface area contributed by atoms with Crippen LogP contribution >= 0.6 is 0 Å². The van der Waals surface area contributed by atoms with Gasteiger partial charge in [0.05, 0.1) is 0 Å². The third-order valence-electron chi connectivity index (χ3n) is 2.21. The van der Waals surface area contributed by atoms with E-state index in [0.717, 1.165) is 30.6 Å². The van der Waals surface area contributed by atoms with Gasteiger partial charge in [0.25, 0.3) is 0 Å². The summed E-state index contributed by atoms with van der Waals surface area (Å²) >= 11 is 0. The zero-order valence-corrected chi connectivity index (χ0v) is 8.96. The van der Waals surface area contributed by atoms with Crippen LogP contribution in [0.1, 0.15) is 25.8 Å². The lowest BCUT2D eigenvalue weighted by Gasteiger charge is -2.13. The summed E-state index contributed by atoms with van der Waals surface area (Å²) in [5, 5.41) is 3.42. The molecule has 14 heavy (non-hydrogen) atoms. The summed E-state index contributed by atoms with van der Waals surface area (Å²) in [6, 6.07) is 2.31. The molecule has 0 bridgehead atoms. The lowest BCUT2D eigenvalue weighted by Crippen LogP contribution is -2.28. The Morgan fingerprint density at radius 1 is 1.57 bits per heavy atom. The molecule has 0 saturated carbocycles. The van der Waals surface area contributed by atoms with Crippen molar-refractivity contribution in [3.8, 4) is 0 Å². The smallest absolute Gasteiger partial charge is 0.0378 e. The van der Waals surface area contributed by atoms with Crippen molar-refractivity contribution in [1.82, 2.24) is 10.3 Å². The van der Waals surface area contributed by atoms with E-state index in [2.05, 4.69) is 24.1 Å². The van der Waals surface area contributed by atoms with Gasteiger partial charge in [-0.3, -0.25) is 4.98 Å². The number of nitrogens with zero attached hydrogens (tertiary/aromatic N) is 1. The van der Waals surface area contributed by atoms with Crippen molar-refractivity contribution in [1.29, 1.82) is 0 Å². The SMILES string of the molecule is CCCNC(C)Cc1cnccc1N. The summed E-state index contributed by atoms with van der Waals surface area (Å²) in [5.41, 5.74) is 7.80. The number of nitrogens with one attached hydrogen (secondary N) is 1. The van der Waals surface area contributed by atoms with Gasteiger partial charge < -0.3 is 11.1 Å². The second-order valence-corrected chi connectivity index (χ2v) is 3.63. The van der Waals surface area contributed by atoms with Gasteiger partial charge in [0.2, 0.25) is 0 Å². The fourth-order valence-electron chi connectivity index (χ4n) is 1.40. The van der Waals surface area contributed by atoms with Gasteiger partial charge in [0.1, 0.15) is 0 Å². The molecule has 0 aromatic carbocycles. The standard InChI is InChI=1S/C11H19N3/c1-3-5-14-9(2)7-10-8-13-6-4-11(10)12/h4,6,8-9,14H,3,5,7H2,1-2H3,(H2,12,13). The minimum atomic E-state index is 0.460. The van der Waals surface area contributed by atoms with Crippen molar-refractivity contribution in [2.45, 2.75) is 32.7 Å². The highest BCUT2D eigenvalue weighted by atomic mass is 14.9. The predicted molar refractivity (Wildman–Crippen MR) is 60.1 cm³/mol. The van der Waals surface area contributed by atoms with Gasteiger partial charge in [-0.25, -0.2) is 0 Å². The fraction of sp³-hybridized carbons (Fsp3) is 0.545. The molecule has 0 spiro atoms. The predicted octanol–water partition coefficient (Wildman–Crippen LogP) is 1.59. The Labute approximate surface area is 85.7 Å². The zero-order chi connectivity index (χ0) is 10.4. The average molecular weight is 193 g/mol. The van der Waals surface area contributed by atoms with Crippen molar-refractivity contribution in [3.63, 3.8) is 0 Å². The Bertz CT molecular complexity index is 273. The highest BCUT2D eigenvalue weighted by Gasteiger charge is 2.04. The molecule has 0 aliphatic rings. The van der Waals surface area contributed by atoms with E-state index in [-0.39, 0.29) is 0 Å². The first-order chi connectivity index (χ1) is 6.74. The van der Waals surface area contributed by atoms with Crippen LogP contribution < -0.4 is 11.1 Å². The molecule has 1 rings (SSSR count). The molecule has 1 aromatic rings. The normalized spacial score (nSPS) is 12.7. The van der Waals surface area contributed by atoms with E-state index >= 15 is 0 Å². The number of rotatable bonds is 5. The molecule has 3 heteroatoms. The fourth-order valence-corrected chi connectivity index (χ4v) is 1.40. The van der Waals surface area contributed by atoms with Crippen molar-refractivity contribution < 1.29 is 0 Å². The van der Waals surface area contributed by atoms with E-state index in [4.69, 9.17) is 5.73 Å². The number of aromatic nitrogens is 1. The van der Waals surface area contributed by atoms with Crippen molar-refractivity contribution in [2.75, 3.05) is 12.3 Å². The number of nitrogen functional groups attached to an aromatic ring is 1. The maximum atomic E-state index is 5.83. The van der Waals surface area contributed by atoms with Crippen molar-refractivity contribution in [3.05, 3.63) is 24.0 Å². The summed E-state index contributed by atoms with van der Waals surface area (Å²) in [6.45, 7) is 5.39. The van der Waals surface area contributed by atoms with Crippen molar-refractivity contribution >= 4 is 5.69 Å². The monoisotopic (exact) mass is 193 g/mol. The molecule has 0 radical (unpaired) electrons. The van der Waals surface area contributed by atoms with Gasteiger partial charge in [0, 0.05) is 24.1 Å². The molecule has 78 valence electrons. The van der Waals surface area contributed by atoms with Crippen LogP contribution in [0, 0.1) is 0 Å². The van der Waals surface area contributed by atoms with Crippen LogP contribution in [0.25, 0.3) is 0 Å². The van der Waals surface area contributed by atoms with E-state index in [1.165, 1.54) is 0 Å². The van der Waals surface area contributed by atoms with E-state index < -0.39 is 0 Å². The van der Waals surface area contributed by atoms with Crippen LogP contribution in [0.4, 0.5) is 5.69 Å². The molecular formula is C11H19N3. The number of anilines is 1. The lowest BCUT2D eigenvalue weighted by atomic mass is 10.1. The Morgan fingerprint density at radius 2 is 2.36 bits per heavy atom. The van der Waals surface area contributed by atoms with Crippen LogP contribution in [0.2, 0.25) is 0 Å². The average Bonchev–Trinajstić information content (AvgIpc) is 2.18. The van der Waals surface area contributed by atoms with Gasteiger partial charge in [0.15, 0.2) is 0 Å². The Morgan fingerprint density at radius 3 is 3.00 bits per heavy atom. The summed E-state index contributed by atoms with van der Waals surface area (Å²) in [4.78, 5) is 4.07. The summed E-state index contributed by atoms with van der Waals surface area (Å²) in [7, 11) is 0. The summed E-state index contributed by atoms with van der Waals surface area (Å²) in [6.07, 6.45) is 5.68. The first kappa shape index (κ1) is 11.0. The van der Waals surface area contributed by atoms with E-state index in [9.17, 15) is 0 Å². The van der Waals surface area contributed by atoms with Crippen molar-refractivity contribution in [2.24, 2.45) is 0 Å². The van der Waals surface area contributed by atoms with E-state index in [1.807, 2.05) is 12.3 Å². The molecule has 1 unspecified atom stereocenters. The molecule has 0 saturated heterocycles. The second-order valence-electron chi connectivity index (χ2n) is 3.63. The highest BCUT2D eigenvalue weighted by molar-refractivity contribution is 5.44. The Hall–Kier alpha value is -1.09. The number of hydrogen-bond acceptors (Lipinski definition) is 3. The van der Waals surface area contributed by atoms with Gasteiger partial charge in [-0.05, 0) is 37.9 Å². The largest absolute Gasteiger partial charge is 0.398 e. The molecule has 1 heterocycles. The minimum absolute atomic E-state index is 0.460. The van der Waals surface area contributed by atoms with Crippen LogP contribution in [0.3, 0.4) is 0 Å². The highest BCUT2D eigenvalue weighted by Crippen LogP contribution is 2.10. The van der Waals surface area contributed by atoms with E-state index in [0.29, 0.717) is 6.04 Å². The number of hydrogen-bond donors (Lipinski definition) is 2. The number of pyridine rings is 1. The molecule has 3 N–H and O–H groups in total. The first-order valence-corrected chi connectivity index (χ1v) is 5.15. The summed E-state index contributed by atoms with van der Waals surface area (Å²) < 4.78 is 0. The third kappa shape index (κ3) is 3.34. The third-order valence-corrected chi connectivity index (χ3v) is 2.21. The Kier molecular flexibility index (Phi) is 4.40. The van der Waals surface area contributed by atoms with Crippen LogP contribution in [-0.2, 0) is 6.42 Å². The lowest BCUT2D eigenvalue weighted by molar-refractivity contribution is 0.543. The maximum absolute atomic E-state index is 5.83. The molecule has 0 amide bonds. The van der Waals surface area contributed by atoms with Crippen LogP contribution in [0.5, 0.6) is 0 Å².